The molecule has 0 radical (unpaired) electrons. The van der Waals surface area contributed by atoms with Crippen LogP contribution in [-0.2, 0) is 0 Å². The summed E-state index contributed by atoms with van der Waals surface area (Å²) in [6.45, 7) is 10.9. The van der Waals surface area contributed by atoms with Gasteiger partial charge in [0, 0.05) is 6.42 Å². The highest BCUT2D eigenvalue weighted by Gasteiger charge is 2.24. The van der Waals surface area contributed by atoms with Crippen LogP contribution in [0.5, 0.6) is 0 Å². The third-order valence-electron chi connectivity index (χ3n) is 2.02. The van der Waals surface area contributed by atoms with Crippen molar-refractivity contribution in [3.05, 3.63) is 37.5 Å². The monoisotopic (exact) mass is 191 g/mol. The summed E-state index contributed by atoms with van der Waals surface area (Å²) in [5.41, 5.74) is -0.302. The Balaban J connectivity index is 4.08. The SMILES string of the molecule is C=CCC(=C)CCC(O)(C#N)CC=C. The summed E-state index contributed by atoms with van der Waals surface area (Å²) in [4.78, 5) is 0. The van der Waals surface area contributed by atoms with Crippen molar-refractivity contribution >= 4 is 0 Å². The van der Waals surface area contributed by atoms with Gasteiger partial charge in [-0.05, 0) is 19.3 Å². The average Bonchev–Trinajstić information content (AvgIpc) is 2.16. The van der Waals surface area contributed by atoms with Crippen molar-refractivity contribution < 1.29 is 5.11 Å². The fourth-order valence-corrected chi connectivity index (χ4v) is 1.13. The van der Waals surface area contributed by atoms with E-state index in [1.54, 1.807) is 12.2 Å². The van der Waals surface area contributed by atoms with Crippen molar-refractivity contribution in [2.45, 2.75) is 31.3 Å². The fourth-order valence-electron chi connectivity index (χ4n) is 1.13. The minimum atomic E-state index is -1.29. The third-order valence-corrected chi connectivity index (χ3v) is 2.02. The van der Waals surface area contributed by atoms with Gasteiger partial charge < -0.3 is 5.11 Å². The smallest absolute Gasteiger partial charge is 0.154 e. The molecule has 0 aliphatic rings. The van der Waals surface area contributed by atoms with E-state index in [4.69, 9.17) is 5.26 Å². The molecule has 0 heterocycles. The van der Waals surface area contributed by atoms with Gasteiger partial charge in [-0.15, -0.1) is 13.2 Å². The lowest BCUT2D eigenvalue weighted by molar-refractivity contribution is 0.0929. The quantitative estimate of drug-likeness (QED) is 0.496. The summed E-state index contributed by atoms with van der Waals surface area (Å²) in [5.74, 6) is 0. The van der Waals surface area contributed by atoms with Crippen LogP contribution in [0.4, 0.5) is 0 Å². The molecule has 0 aliphatic carbocycles. The van der Waals surface area contributed by atoms with Crippen LogP contribution in [-0.4, -0.2) is 10.7 Å². The van der Waals surface area contributed by atoms with E-state index in [9.17, 15) is 5.11 Å². The maximum absolute atomic E-state index is 9.74. The van der Waals surface area contributed by atoms with E-state index in [2.05, 4.69) is 19.7 Å². The first-order valence-electron chi connectivity index (χ1n) is 4.60. The second-order valence-electron chi connectivity index (χ2n) is 3.38. The van der Waals surface area contributed by atoms with Crippen molar-refractivity contribution in [1.29, 1.82) is 5.26 Å². The van der Waals surface area contributed by atoms with E-state index in [0.29, 0.717) is 19.3 Å². The molecule has 1 atom stereocenters. The summed E-state index contributed by atoms with van der Waals surface area (Å²) in [6, 6.07) is 1.89. The van der Waals surface area contributed by atoms with Gasteiger partial charge in [-0.1, -0.05) is 24.3 Å². The number of hydrogen-bond donors (Lipinski definition) is 1. The van der Waals surface area contributed by atoms with Crippen LogP contribution < -0.4 is 0 Å². The molecule has 0 rings (SSSR count). The molecule has 0 saturated heterocycles. The zero-order valence-electron chi connectivity index (χ0n) is 8.50. The van der Waals surface area contributed by atoms with Gasteiger partial charge in [0.05, 0.1) is 6.07 Å². The van der Waals surface area contributed by atoms with E-state index >= 15 is 0 Å². The standard InChI is InChI=1S/C12H17NO/c1-4-6-11(3)7-9-12(14,10-13)8-5-2/h4-5,14H,1-3,6-9H2. The Morgan fingerprint density at radius 2 is 2.07 bits per heavy atom. The Morgan fingerprint density at radius 3 is 2.50 bits per heavy atom. The van der Waals surface area contributed by atoms with Crippen LogP contribution in [0, 0.1) is 11.3 Å². The van der Waals surface area contributed by atoms with Gasteiger partial charge >= 0.3 is 0 Å². The molecule has 1 unspecified atom stereocenters. The first kappa shape index (κ1) is 12.7. The lowest BCUT2D eigenvalue weighted by Crippen LogP contribution is -2.25. The van der Waals surface area contributed by atoms with Gasteiger partial charge in [-0.3, -0.25) is 0 Å². The molecule has 0 aromatic heterocycles. The first-order valence-corrected chi connectivity index (χ1v) is 4.60. The molecule has 0 aromatic carbocycles. The lowest BCUT2D eigenvalue weighted by Gasteiger charge is -2.18. The lowest BCUT2D eigenvalue weighted by atomic mass is 9.93. The van der Waals surface area contributed by atoms with E-state index in [1.165, 1.54) is 0 Å². The summed E-state index contributed by atoms with van der Waals surface area (Å²) >= 11 is 0. The summed E-state index contributed by atoms with van der Waals surface area (Å²) < 4.78 is 0. The van der Waals surface area contributed by atoms with E-state index in [0.717, 1.165) is 12.0 Å². The Labute approximate surface area is 85.9 Å². The summed E-state index contributed by atoms with van der Waals surface area (Å²) in [7, 11) is 0. The molecule has 14 heavy (non-hydrogen) atoms. The maximum Gasteiger partial charge on any atom is 0.154 e. The van der Waals surface area contributed by atoms with Crippen LogP contribution in [0.1, 0.15) is 25.7 Å². The number of allylic oxidation sites excluding steroid dienone is 2. The Kier molecular flexibility index (Phi) is 5.59. The number of aliphatic hydroxyl groups is 1. The molecule has 0 fully saturated rings. The molecule has 0 aliphatic heterocycles. The molecule has 2 nitrogen and oxygen atoms in total. The minimum absolute atomic E-state index is 0.296. The van der Waals surface area contributed by atoms with Crippen molar-refractivity contribution in [1.82, 2.24) is 0 Å². The van der Waals surface area contributed by atoms with E-state index < -0.39 is 5.60 Å². The second kappa shape index (κ2) is 6.17. The predicted molar refractivity (Wildman–Crippen MR) is 58.6 cm³/mol. The molecule has 0 spiro atoms. The molecule has 0 saturated carbocycles. The van der Waals surface area contributed by atoms with Gasteiger partial charge in [0.15, 0.2) is 5.60 Å². The van der Waals surface area contributed by atoms with Crippen molar-refractivity contribution in [2.75, 3.05) is 0 Å². The van der Waals surface area contributed by atoms with Gasteiger partial charge in [-0.25, -0.2) is 0 Å². The molecule has 0 amide bonds. The van der Waals surface area contributed by atoms with E-state index in [-0.39, 0.29) is 0 Å². The van der Waals surface area contributed by atoms with Gasteiger partial charge in [0.2, 0.25) is 0 Å². The minimum Gasteiger partial charge on any atom is -0.375 e. The Morgan fingerprint density at radius 1 is 1.43 bits per heavy atom. The van der Waals surface area contributed by atoms with Crippen LogP contribution in [0.2, 0.25) is 0 Å². The van der Waals surface area contributed by atoms with Gasteiger partial charge in [0.25, 0.3) is 0 Å². The highest BCUT2D eigenvalue weighted by molar-refractivity contribution is 5.08. The van der Waals surface area contributed by atoms with Crippen LogP contribution in [0.15, 0.2) is 37.5 Å². The fraction of sp³-hybridized carbons (Fsp3) is 0.417. The Bertz CT molecular complexity index is 262. The summed E-state index contributed by atoms with van der Waals surface area (Å²) in [6.07, 6.45) is 5.40. The molecule has 76 valence electrons. The Hall–Kier alpha value is -1.33. The van der Waals surface area contributed by atoms with Crippen molar-refractivity contribution in [3.63, 3.8) is 0 Å². The first-order chi connectivity index (χ1) is 6.58. The van der Waals surface area contributed by atoms with Gasteiger partial charge in [0.1, 0.15) is 0 Å². The topological polar surface area (TPSA) is 44.0 Å². The molecule has 0 aromatic rings. The molecular formula is C12H17NO. The van der Waals surface area contributed by atoms with E-state index in [1.807, 2.05) is 6.07 Å². The van der Waals surface area contributed by atoms with Crippen molar-refractivity contribution in [2.24, 2.45) is 0 Å². The van der Waals surface area contributed by atoms with Crippen LogP contribution >= 0.6 is 0 Å². The number of nitriles is 1. The highest BCUT2D eigenvalue weighted by Crippen LogP contribution is 2.20. The van der Waals surface area contributed by atoms with Crippen molar-refractivity contribution in [3.8, 4) is 6.07 Å². The van der Waals surface area contributed by atoms with Crippen LogP contribution in [0.25, 0.3) is 0 Å². The maximum atomic E-state index is 9.74. The number of rotatable bonds is 7. The predicted octanol–water partition coefficient (Wildman–Crippen LogP) is 2.73. The third kappa shape index (κ3) is 4.64. The number of hydrogen-bond acceptors (Lipinski definition) is 2. The molecular weight excluding hydrogens is 174 g/mol. The number of nitrogens with zero attached hydrogens (tertiary/aromatic N) is 1. The largest absolute Gasteiger partial charge is 0.375 e. The summed E-state index contributed by atoms with van der Waals surface area (Å²) in [5, 5.41) is 18.5. The van der Waals surface area contributed by atoms with Gasteiger partial charge in [-0.2, -0.15) is 5.26 Å². The molecule has 2 heteroatoms. The normalized spacial score (nSPS) is 13.7. The molecule has 1 N–H and O–H groups in total. The van der Waals surface area contributed by atoms with Crippen LogP contribution in [0.3, 0.4) is 0 Å². The zero-order valence-corrected chi connectivity index (χ0v) is 8.50. The second-order valence-corrected chi connectivity index (χ2v) is 3.38. The average molecular weight is 191 g/mol. The zero-order chi connectivity index (χ0) is 11.0. The highest BCUT2D eigenvalue weighted by atomic mass is 16.3. The molecule has 0 bridgehead atoms.